The zero-order valence-electron chi connectivity index (χ0n) is 12.3. The van der Waals surface area contributed by atoms with E-state index in [2.05, 4.69) is 9.47 Å². The molecule has 0 fully saturated rings. The molecule has 0 aliphatic carbocycles. The normalized spacial score (nSPS) is 12.3. The minimum absolute atomic E-state index is 0.145. The average molecular weight is 379 g/mol. The van der Waals surface area contributed by atoms with Gasteiger partial charge in [0.2, 0.25) is 28.3 Å². The fraction of sp³-hybridized carbons (Fsp3) is 0.417. The number of halogens is 4. The minimum Gasteiger partial charge on any atom is -0.420 e. The molecular formula is C12H15F4O7S+. The molecule has 0 heterocycles. The summed E-state index contributed by atoms with van der Waals surface area (Å²) in [6.07, 6.45) is -0.471. The highest BCUT2D eigenvalue weighted by atomic mass is 32.3. The van der Waals surface area contributed by atoms with Gasteiger partial charge in [0, 0.05) is 7.11 Å². The van der Waals surface area contributed by atoms with Crippen LogP contribution in [0.25, 0.3) is 0 Å². The molecule has 24 heavy (non-hydrogen) atoms. The summed E-state index contributed by atoms with van der Waals surface area (Å²) >= 11 is 0. The predicted octanol–water partition coefficient (Wildman–Crippen LogP) is 1.95. The lowest BCUT2D eigenvalue weighted by Gasteiger charge is -2.17. The molecule has 0 saturated heterocycles. The number of methoxy groups -OCH3 is 1. The predicted molar refractivity (Wildman–Crippen MR) is 73.9 cm³/mol. The minimum atomic E-state index is -4.83. The Morgan fingerprint density at radius 1 is 1.04 bits per heavy atom. The molecule has 0 radical (unpaired) electrons. The number of carbonyl (C=O) groups is 1. The Morgan fingerprint density at radius 3 is 2.04 bits per heavy atom. The van der Waals surface area contributed by atoms with Crippen molar-refractivity contribution in [3.05, 3.63) is 23.3 Å². The van der Waals surface area contributed by atoms with E-state index in [1.807, 2.05) is 0 Å². The van der Waals surface area contributed by atoms with E-state index in [4.69, 9.17) is 18.4 Å². The maximum Gasteiger partial charge on any atom is 0.313 e. The van der Waals surface area contributed by atoms with Crippen LogP contribution in [0, 0.1) is 23.3 Å². The lowest BCUT2D eigenvalue weighted by molar-refractivity contribution is -0.136. The third-order valence-corrected chi connectivity index (χ3v) is 3.49. The third kappa shape index (κ3) is 5.03. The van der Waals surface area contributed by atoms with Gasteiger partial charge in [-0.15, -0.1) is 0 Å². The first-order valence-electron chi connectivity index (χ1n) is 6.27. The number of hydrogen-bond donors (Lipinski definition) is 2. The lowest BCUT2D eigenvalue weighted by atomic mass is 10.3. The molecule has 12 heteroatoms. The summed E-state index contributed by atoms with van der Waals surface area (Å²) in [4.78, 5) is 9.52. The summed E-state index contributed by atoms with van der Waals surface area (Å²) in [5, 5.41) is 0. The number of rotatable bonds is 8. The van der Waals surface area contributed by atoms with Gasteiger partial charge in [-0.3, -0.25) is 13.9 Å². The standard InChI is InChI=1S/C12H14F4O7S/c1-21-4-5-22-3-2-6(17)23-11-7(13)9(15)12(24(18,19)20)10(16)8(11)14/h18-20H,2-5H2,1H3/p+1. The first-order chi connectivity index (χ1) is 11.1. The molecule has 1 aromatic carbocycles. The van der Waals surface area contributed by atoms with E-state index in [-0.39, 0.29) is 19.8 Å². The molecule has 1 aromatic rings. The first-order valence-corrected chi connectivity index (χ1v) is 7.82. The highest BCUT2D eigenvalue weighted by Gasteiger charge is 2.38. The van der Waals surface area contributed by atoms with Crippen LogP contribution in [0.2, 0.25) is 0 Å². The molecular weight excluding hydrogens is 364 g/mol. The van der Waals surface area contributed by atoms with E-state index in [0.29, 0.717) is 0 Å². The summed E-state index contributed by atoms with van der Waals surface area (Å²) in [5.41, 5.74) is 0. The van der Waals surface area contributed by atoms with Gasteiger partial charge in [0.15, 0.2) is 16.5 Å². The van der Waals surface area contributed by atoms with Crippen LogP contribution in [0.3, 0.4) is 0 Å². The molecule has 0 aliphatic heterocycles. The van der Waals surface area contributed by atoms with E-state index >= 15 is 0 Å². The Balaban J connectivity index is 2.92. The quantitative estimate of drug-likeness (QED) is 0.179. The fourth-order valence-corrected chi connectivity index (χ4v) is 2.17. The maximum absolute atomic E-state index is 13.7. The maximum atomic E-state index is 13.7. The zero-order chi connectivity index (χ0) is 18.5. The molecule has 0 bridgehead atoms. The van der Waals surface area contributed by atoms with Crippen LogP contribution in [-0.2, 0) is 14.3 Å². The monoisotopic (exact) mass is 379 g/mol. The van der Waals surface area contributed by atoms with Crippen LogP contribution < -0.4 is 4.74 Å². The van der Waals surface area contributed by atoms with E-state index in [1.54, 1.807) is 0 Å². The van der Waals surface area contributed by atoms with Crippen molar-refractivity contribution in [1.29, 1.82) is 0 Å². The second kappa shape index (κ2) is 8.60. The van der Waals surface area contributed by atoms with Gasteiger partial charge in [0.1, 0.15) is 0 Å². The molecule has 7 nitrogen and oxygen atoms in total. The molecule has 0 spiro atoms. The van der Waals surface area contributed by atoms with Crippen molar-refractivity contribution < 1.29 is 50.2 Å². The number of esters is 1. The Labute approximate surface area is 135 Å². The topological polar surface area (TPSA) is 108 Å². The van der Waals surface area contributed by atoms with Crippen molar-refractivity contribution in [1.82, 2.24) is 0 Å². The summed E-state index contributed by atoms with van der Waals surface area (Å²) in [5.74, 6) is -11.7. The Kier molecular flexibility index (Phi) is 7.38. The van der Waals surface area contributed by atoms with Crippen molar-refractivity contribution >= 4 is 16.8 Å². The van der Waals surface area contributed by atoms with Crippen molar-refractivity contribution in [3.8, 4) is 5.75 Å². The van der Waals surface area contributed by atoms with Crippen LogP contribution in [0.1, 0.15) is 6.42 Å². The molecule has 0 aromatic heterocycles. The average Bonchev–Trinajstić information content (AvgIpc) is 2.48. The third-order valence-electron chi connectivity index (χ3n) is 2.57. The molecule has 0 saturated carbocycles. The van der Waals surface area contributed by atoms with Gasteiger partial charge in [-0.25, -0.2) is 8.78 Å². The Morgan fingerprint density at radius 2 is 1.58 bits per heavy atom. The zero-order valence-corrected chi connectivity index (χ0v) is 13.1. The van der Waals surface area contributed by atoms with Crippen LogP contribution in [0.4, 0.5) is 17.6 Å². The van der Waals surface area contributed by atoms with Gasteiger partial charge in [0.05, 0.1) is 26.2 Å². The summed E-state index contributed by atoms with van der Waals surface area (Å²) in [6.45, 7) is 0.198. The molecule has 138 valence electrons. The molecule has 0 atom stereocenters. The van der Waals surface area contributed by atoms with E-state index in [0.717, 1.165) is 0 Å². The van der Waals surface area contributed by atoms with Gasteiger partial charge in [-0.1, -0.05) is 0 Å². The Bertz CT molecular complexity index is 577. The van der Waals surface area contributed by atoms with Gasteiger partial charge < -0.3 is 18.8 Å². The number of benzene rings is 1. The van der Waals surface area contributed by atoms with Crippen molar-refractivity contribution in [2.45, 2.75) is 11.3 Å². The smallest absolute Gasteiger partial charge is 0.313 e. The lowest BCUT2D eigenvalue weighted by Crippen LogP contribution is -2.16. The van der Waals surface area contributed by atoms with Crippen molar-refractivity contribution in [2.24, 2.45) is 0 Å². The second-order valence-corrected chi connectivity index (χ2v) is 5.80. The first kappa shape index (κ1) is 20.6. The van der Waals surface area contributed by atoms with Gasteiger partial charge in [-0.05, 0) is 0 Å². The van der Waals surface area contributed by atoms with E-state index in [1.165, 1.54) is 7.11 Å². The summed E-state index contributed by atoms with van der Waals surface area (Å²) < 4.78 is 93.0. The second-order valence-electron chi connectivity index (χ2n) is 4.29. The molecule has 1 rings (SSSR count). The van der Waals surface area contributed by atoms with Gasteiger partial charge in [0.25, 0.3) is 0 Å². The summed E-state index contributed by atoms with van der Waals surface area (Å²) in [7, 11) is -3.41. The molecule has 0 amide bonds. The number of carbonyl (C=O) groups excluding carboxylic acids is 1. The van der Waals surface area contributed by atoms with E-state index in [9.17, 15) is 22.4 Å². The van der Waals surface area contributed by atoms with Crippen molar-refractivity contribution in [2.75, 3.05) is 26.9 Å². The fourth-order valence-electron chi connectivity index (χ4n) is 1.50. The SMILES string of the molecule is COCCOCCC(=O)Oc1c(F)c(F)c(S(O)(O)[OH2+])c(F)c1F. The van der Waals surface area contributed by atoms with Crippen molar-refractivity contribution in [3.63, 3.8) is 0 Å². The molecule has 0 aliphatic rings. The summed E-state index contributed by atoms with van der Waals surface area (Å²) in [6, 6.07) is 0. The van der Waals surface area contributed by atoms with Crippen LogP contribution in [0.15, 0.2) is 4.90 Å². The number of ether oxygens (including phenoxy) is 3. The molecule has 0 unspecified atom stereocenters. The van der Waals surface area contributed by atoms with Crippen LogP contribution >= 0.6 is 10.9 Å². The largest absolute Gasteiger partial charge is 0.420 e. The van der Waals surface area contributed by atoms with Gasteiger partial charge >= 0.3 is 5.97 Å². The Hall–Kier alpha value is -1.44. The number of hydrogen-bond acceptors (Lipinski definition) is 6. The van der Waals surface area contributed by atoms with Crippen LogP contribution in [0.5, 0.6) is 5.75 Å². The highest BCUT2D eigenvalue weighted by Crippen LogP contribution is 2.49. The van der Waals surface area contributed by atoms with Crippen LogP contribution in [-0.4, -0.2) is 46.6 Å². The van der Waals surface area contributed by atoms with Gasteiger partial charge in [-0.2, -0.15) is 8.78 Å². The highest BCUT2D eigenvalue weighted by molar-refractivity contribution is 8.19. The van der Waals surface area contributed by atoms with E-state index < -0.39 is 57.2 Å². The molecule has 4 N–H and O–H groups in total.